The maximum absolute atomic E-state index is 4.91. The van der Waals surface area contributed by atoms with E-state index in [1.807, 2.05) is 48.7 Å². The minimum atomic E-state index is 0.731. The molecule has 162 valence electrons. The molecule has 0 aliphatic rings. The second-order valence-corrected chi connectivity index (χ2v) is 8.55. The molecule has 0 saturated carbocycles. The summed E-state index contributed by atoms with van der Waals surface area (Å²) in [7, 11) is 0. The fourth-order valence-corrected chi connectivity index (χ4v) is 4.40. The van der Waals surface area contributed by atoms with E-state index in [1.165, 1.54) is 0 Å². The van der Waals surface area contributed by atoms with Crippen molar-refractivity contribution in [2.45, 2.75) is 13.8 Å². The van der Waals surface area contributed by atoms with Crippen LogP contribution in [-0.4, -0.2) is 19.9 Å². The summed E-state index contributed by atoms with van der Waals surface area (Å²) in [5, 5.41) is 2.03. The first-order valence-corrected chi connectivity index (χ1v) is 11.3. The molecule has 0 aliphatic heterocycles. The number of pyridine rings is 4. The number of benzene rings is 2. The van der Waals surface area contributed by atoms with Gasteiger partial charge in [0.15, 0.2) is 11.3 Å². The lowest BCUT2D eigenvalue weighted by Crippen LogP contribution is -1.95. The highest BCUT2D eigenvalue weighted by Crippen LogP contribution is 2.29. The third-order valence-electron chi connectivity index (χ3n) is 6.12. The molecule has 0 aliphatic carbocycles. The van der Waals surface area contributed by atoms with Crippen LogP contribution in [0.15, 0.2) is 97.2 Å². The van der Waals surface area contributed by atoms with E-state index in [1.54, 1.807) is 0 Å². The number of rotatable bonds is 3. The third-order valence-corrected chi connectivity index (χ3v) is 6.12. The number of nitrogens with zero attached hydrogens (tertiary/aromatic N) is 4. The molecule has 0 bridgehead atoms. The highest BCUT2D eigenvalue weighted by atomic mass is 14.9. The minimum absolute atomic E-state index is 0.731. The molecular weight excluding hydrogens is 416 g/mol. The number of fused-ring (bicyclic) bond motifs is 2. The number of aromatic nitrogens is 4. The van der Waals surface area contributed by atoms with Crippen molar-refractivity contribution >= 4 is 22.1 Å². The van der Waals surface area contributed by atoms with Crippen LogP contribution < -0.4 is 0 Å². The van der Waals surface area contributed by atoms with Gasteiger partial charge in [0.05, 0.1) is 17.1 Å². The van der Waals surface area contributed by atoms with Gasteiger partial charge in [0.2, 0.25) is 0 Å². The quantitative estimate of drug-likeness (QED) is 0.293. The fraction of sp³-hybridized carbons (Fsp3) is 0.0667. The molecule has 0 atom stereocenters. The van der Waals surface area contributed by atoms with Crippen LogP contribution in [0.2, 0.25) is 0 Å². The summed E-state index contributed by atoms with van der Waals surface area (Å²) in [5.74, 6) is 0. The largest absolute Gasteiger partial charge is 0.236 e. The smallest absolute Gasteiger partial charge is 0.160 e. The SMILES string of the molecule is Cc1cc2cc(-c3ccc4cc(C)c(-c5ccccc5)nc4n3)cnc2nc1-c1ccccc1. The van der Waals surface area contributed by atoms with Crippen LogP contribution in [0.3, 0.4) is 0 Å². The molecule has 0 fully saturated rings. The summed E-state index contributed by atoms with van der Waals surface area (Å²) in [6.07, 6.45) is 1.85. The Bertz CT molecular complexity index is 1660. The molecule has 0 saturated heterocycles. The Morgan fingerprint density at radius 1 is 0.500 bits per heavy atom. The summed E-state index contributed by atoms with van der Waals surface area (Å²) in [5.41, 5.74) is 9.63. The molecule has 0 radical (unpaired) electrons. The van der Waals surface area contributed by atoms with Gasteiger partial charge in [0.25, 0.3) is 0 Å². The Balaban J connectivity index is 1.44. The van der Waals surface area contributed by atoms with Crippen molar-refractivity contribution in [3.63, 3.8) is 0 Å². The summed E-state index contributed by atoms with van der Waals surface area (Å²) in [4.78, 5) is 19.3. The fourth-order valence-electron chi connectivity index (χ4n) is 4.40. The molecule has 6 rings (SSSR count). The van der Waals surface area contributed by atoms with E-state index in [0.29, 0.717) is 0 Å². The molecule has 4 aromatic heterocycles. The summed E-state index contributed by atoms with van der Waals surface area (Å²) in [6.45, 7) is 4.18. The summed E-state index contributed by atoms with van der Waals surface area (Å²) >= 11 is 0. The lowest BCUT2D eigenvalue weighted by atomic mass is 10.0. The first-order chi connectivity index (χ1) is 16.7. The van der Waals surface area contributed by atoms with Crippen molar-refractivity contribution in [1.82, 2.24) is 19.9 Å². The molecular formula is C30H22N4. The van der Waals surface area contributed by atoms with Crippen LogP contribution in [0, 0.1) is 13.8 Å². The standard InChI is InChI=1S/C30H22N4/c1-19-15-23-13-14-26(32-30(23)34-28(19)22-11-7-4-8-12-22)25-17-24-16-20(2)27(33-29(24)31-18-25)21-9-5-3-6-10-21/h3-18H,1-2H3. The Morgan fingerprint density at radius 2 is 1.09 bits per heavy atom. The van der Waals surface area contributed by atoms with Crippen molar-refractivity contribution in [3.05, 3.63) is 108 Å². The lowest BCUT2D eigenvalue weighted by molar-refractivity contribution is 1.24. The number of aryl methyl sites for hydroxylation is 2. The van der Waals surface area contributed by atoms with Crippen LogP contribution in [0.25, 0.3) is 55.8 Å². The van der Waals surface area contributed by atoms with E-state index >= 15 is 0 Å². The molecule has 4 heteroatoms. The van der Waals surface area contributed by atoms with Gasteiger partial charge in [-0.05, 0) is 55.3 Å². The van der Waals surface area contributed by atoms with Gasteiger partial charge in [-0.25, -0.2) is 19.9 Å². The van der Waals surface area contributed by atoms with Crippen molar-refractivity contribution in [2.75, 3.05) is 0 Å². The van der Waals surface area contributed by atoms with Crippen LogP contribution in [0.5, 0.6) is 0 Å². The molecule has 0 N–H and O–H groups in total. The van der Waals surface area contributed by atoms with Crippen molar-refractivity contribution in [2.24, 2.45) is 0 Å². The van der Waals surface area contributed by atoms with Gasteiger partial charge in [-0.15, -0.1) is 0 Å². The average molecular weight is 439 g/mol. The van der Waals surface area contributed by atoms with Crippen molar-refractivity contribution < 1.29 is 0 Å². The molecule has 4 nitrogen and oxygen atoms in total. The molecule has 34 heavy (non-hydrogen) atoms. The zero-order valence-electron chi connectivity index (χ0n) is 19.0. The van der Waals surface area contributed by atoms with E-state index in [2.05, 4.69) is 67.4 Å². The Labute approximate surface area is 198 Å². The first kappa shape index (κ1) is 20.2. The Hall–Kier alpha value is -4.44. The van der Waals surface area contributed by atoms with Crippen LogP contribution in [0.1, 0.15) is 11.1 Å². The lowest BCUT2D eigenvalue weighted by Gasteiger charge is -2.10. The molecule has 4 heterocycles. The van der Waals surface area contributed by atoms with E-state index in [0.717, 1.165) is 67.0 Å². The first-order valence-electron chi connectivity index (χ1n) is 11.3. The van der Waals surface area contributed by atoms with Crippen LogP contribution in [-0.2, 0) is 0 Å². The van der Waals surface area contributed by atoms with Crippen LogP contribution >= 0.6 is 0 Å². The predicted octanol–water partition coefficient (Wildman–Crippen LogP) is 7.19. The second-order valence-electron chi connectivity index (χ2n) is 8.55. The van der Waals surface area contributed by atoms with Gasteiger partial charge in [0, 0.05) is 33.7 Å². The molecule has 0 spiro atoms. The second kappa shape index (κ2) is 8.16. The van der Waals surface area contributed by atoms with Gasteiger partial charge in [0.1, 0.15) is 0 Å². The van der Waals surface area contributed by atoms with Crippen LogP contribution in [0.4, 0.5) is 0 Å². The van der Waals surface area contributed by atoms with Gasteiger partial charge < -0.3 is 0 Å². The predicted molar refractivity (Wildman–Crippen MR) is 138 cm³/mol. The highest BCUT2D eigenvalue weighted by molar-refractivity contribution is 5.86. The maximum atomic E-state index is 4.91. The topological polar surface area (TPSA) is 51.6 Å². The minimum Gasteiger partial charge on any atom is -0.236 e. The van der Waals surface area contributed by atoms with Crippen molar-refractivity contribution in [3.8, 4) is 33.8 Å². The van der Waals surface area contributed by atoms with Gasteiger partial charge >= 0.3 is 0 Å². The van der Waals surface area contributed by atoms with Gasteiger partial charge in [-0.1, -0.05) is 60.7 Å². The van der Waals surface area contributed by atoms with Gasteiger partial charge in [-0.3, -0.25) is 0 Å². The molecule has 2 aromatic carbocycles. The van der Waals surface area contributed by atoms with E-state index in [4.69, 9.17) is 15.0 Å². The normalized spacial score (nSPS) is 11.2. The number of hydrogen-bond donors (Lipinski definition) is 0. The molecule has 6 aromatic rings. The third kappa shape index (κ3) is 3.59. The molecule has 0 amide bonds. The van der Waals surface area contributed by atoms with Gasteiger partial charge in [-0.2, -0.15) is 0 Å². The van der Waals surface area contributed by atoms with E-state index in [9.17, 15) is 0 Å². The monoisotopic (exact) mass is 438 g/mol. The zero-order chi connectivity index (χ0) is 23.1. The summed E-state index contributed by atoms with van der Waals surface area (Å²) in [6, 6.07) is 31.0. The van der Waals surface area contributed by atoms with E-state index in [-0.39, 0.29) is 0 Å². The molecule has 0 unspecified atom stereocenters. The summed E-state index contributed by atoms with van der Waals surface area (Å²) < 4.78 is 0. The Kier molecular flexibility index (Phi) is 4.84. The van der Waals surface area contributed by atoms with Crippen molar-refractivity contribution in [1.29, 1.82) is 0 Å². The maximum Gasteiger partial charge on any atom is 0.160 e. The Morgan fingerprint density at radius 3 is 1.74 bits per heavy atom. The highest BCUT2D eigenvalue weighted by Gasteiger charge is 2.11. The van der Waals surface area contributed by atoms with E-state index < -0.39 is 0 Å². The average Bonchev–Trinajstić information content (AvgIpc) is 2.88. The zero-order valence-corrected chi connectivity index (χ0v) is 19.0. The number of hydrogen-bond acceptors (Lipinski definition) is 4.